The van der Waals surface area contributed by atoms with Gasteiger partial charge in [0, 0.05) is 17.4 Å². The number of methoxy groups -OCH3 is 1. The first kappa shape index (κ1) is 24.1. The summed E-state index contributed by atoms with van der Waals surface area (Å²) in [6, 6.07) is 0. The minimum Gasteiger partial charge on any atom is 0 e. The molecule has 0 spiro atoms. The van der Waals surface area contributed by atoms with Gasteiger partial charge in [-0.05, 0) is 18.6 Å². The van der Waals surface area contributed by atoms with E-state index in [1.807, 2.05) is 18.2 Å². The van der Waals surface area contributed by atoms with Crippen LogP contribution in [0.3, 0.4) is 0 Å². The van der Waals surface area contributed by atoms with E-state index in [9.17, 15) is 0 Å². The molecule has 0 radical (unpaired) electrons. The van der Waals surface area contributed by atoms with Crippen LogP contribution in [0, 0.1) is 20.0 Å². The summed E-state index contributed by atoms with van der Waals surface area (Å²) in [4.78, 5) is 0. The molecule has 0 saturated heterocycles. The Balaban J connectivity index is -0.0000000900. The number of ether oxygens (including phenoxy) is 1. The summed E-state index contributed by atoms with van der Waals surface area (Å²) in [7, 11) is 1.68. The van der Waals surface area contributed by atoms with Crippen LogP contribution in [0.15, 0.2) is 36.1 Å². The maximum atomic E-state index is 7.50. The van der Waals surface area contributed by atoms with E-state index in [2.05, 4.69) is 32.1 Å². The van der Waals surface area contributed by atoms with Crippen molar-refractivity contribution in [1.29, 1.82) is 0 Å². The zero-order chi connectivity index (χ0) is 12.5. The fourth-order valence-corrected chi connectivity index (χ4v) is 0.696. The van der Waals surface area contributed by atoms with Crippen molar-refractivity contribution in [2.45, 2.75) is 6.42 Å². The molecule has 0 aromatic rings. The van der Waals surface area contributed by atoms with Gasteiger partial charge < -0.3 is 4.74 Å². The van der Waals surface area contributed by atoms with Crippen molar-refractivity contribution in [3.05, 3.63) is 56.1 Å². The molecule has 84 valence electrons. The average molecular weight is 258 g/mol. The van der Waals surface area contributed by atoms with Crippen LogP contribution in [0.2, 0.25) is 0 Å². The van der Waals surface area contributed by atoms with Gasteiger partial charge in [-0.1, -0.05) is 18.2 Å². The molecule has 1 aliphatic carbocycles. The molecular formula is C11H10CrO4. The van der Waals surface area contributed by atoms with Gasteiger partial charge in [-0.3, -0.25) is 0 Å². The van der Waals surface area contributed by atoms with Crippen molar-refractivity contribution in [2.24, 2.45) is 0 Å². The van der Waals surface area contributed by atoms with Crippen LogP contribution in [0.1, 0.15) is 6.42 Å². The molecule has 0 heterocycles. The van der Waals surface area contributed by atoms with Crippen molar-refractivity contribution < 1.29 is 36.1 Å². The smallest absolute Gasteiger partial charge is 0 e. The summed E-state index contributed by atoms with van der Waals surface area (Å²) in [6.07, 6.45) is 11.1. The second-order valence-corrected chi connectivity index (χ2v) is 1.84. The van der Waals surface area contributed by atoms with Crippen LogP contribution in [0.25, 0.3) is 0 Å². The normalized spacial score (nSPS) is 9.81. The second-order valence-electron chi connectivity index (χ2n) is 1.84. The summed E-state index contributed by atoms with van der Waals surface area (Å²) in [5.74, 6) is 0.920. The Morgan fingerprint density at radius 3 is 2.00 bits per heavy atom. The fourth-order valence-electron chi connectivity index (χ4n) is 0.696. The first-order valence-electron chi connectivity index (χ1n) is 3.62. The van der Waals surface area contributed by atoms with Crippen LogP contribution in [0.4, 0.5) is 0 Å². The zero-order valence-corrected chi connectivity index (χ0v) is 9.91. The van der Waals surface area contributed by atoms with Crippen molar-refractivity contribution in [1.82, 2.24) is 0 Å². The second kappa shape index (κ2) is 29.2. The Morgan fingerprint density at radius 1 is 1.06 bits per heavy atom. The molecule has 0 aliphatic heterocycles. The van der Waals surface area contributed by atoms with Gasteiger partial charge in [0.2, 0.25) is 0 Å². The van der Waals surface area contributed by atoms with Crippen LogP contribution in [-0.2, 0) is 36.1 Å². The van der Waals surface area contributed by atoms with E-state index in [0.29, 0.717) is 0 Å². The third-order valence-corrected chi connectivity index (χ3v) is 1.19. The van der Waals surface area contributed by atoms with Crippen molar-refractivity contribution in [3.8, 4) is 0 Å². The maximum Gasteiger partial charge on any atom is 0 e. The summed E-state index contributed by atoms with van der Waals surface area (Å²) in [5.41, 5.74) is 0. The standard InChI is InChI=1S/C8H10O.3CO.Cr/c1-9-8-6-4-2-3-5-7-8;3*1-2;/h2,4-7H,3H2,1H3;;;;. The van der Waals surface area contributed by atoms with Gasteiger partial charge in [-0.2, -0.15) is 0 Å². The summed E-state index contributed by atoms with van der Waals surface area (Å²) in [6.45, 7) is 13.5. The first-order chi connectivity index (χ1) is 7.43. The molecule has 16 heavy (non-hydrogen) atoms. The molecule has 0 aromatic carbocycles. The third kappa shape index (κ3) is 18.5. The minimum atomic E-state index is 0. The molecule has 0 aromatic heterocycles. The van der Waals surface area contributed by atoms with Gasteiger partial charge in [0.15, 0.2) is 0 Å². The molecule has 0 amide bonds. The Bertz CT molecular complexity index is 257. The minimum absolute atomic E-state index is 0. The Hall–Kier alpha value is -1.23. The van der Waals surface area contributed by atoms with E-state index in [4.69, 9.17) is 18.7 Å². The predicted octanol–water partition coefficient (Wildman–Crippen LogP) is 1.92. The predicted molar refractivity (Wildman–Crippen MR) is 49.8 cm³/mol. The summed E-state index contributed by atoms with van der Waals surface area (Å²) < 4.78 is 27.5. The molecule has 0 atom stereocenters. The van der Waals surface area contributed by atoms with Gasteiger partial charge >= 0.3 is 33.9 Å². The molecular weight excluding hydrogens is 248 g/mol. The fraction of sp³-hybridized carbons (Fsp3) is 0.182. The number of rotatable bonds is 1. The van der Waals surface area contributed by atoms with Crippen molar-refractivity contribution in [2.75, 3.05) is 7.11 Å². The SMILES string of the molecule is COC1=CC=CCC=C1.[C-]#[O+].[C-]#[O+].[C-]#[O+].[Cr]. The monoisotopic (exact) mass is 258 g/mol. The van der Waals surface area contributed by atoms with E-state index in [-0.39, 0.29) is 17.4 Å². The summed E-state index contributed by atoms with van der Waals surface area (Å²) >= 11 is 0. The molecule has 0 bridgehead atoms. The molecule has 0 fully saturated rings. The number of allylic oxidation sites excluding steroid dienone is 5. The zero-order valence-electron chi connectivity index (χ0n) is 8.64. The molecule has 0 N–H and O–H groups in total. The Labute approximate surface area is 106 Å². The van der Waals surface area contributed by atoms with Gasteiger partial charge in [0.05, 0.1) is 7.11 Å². The molecule has 0 unspecified atom stereocenters. The molecule has 0 saturated carbocycles. The van der Waals surface area contributed by atoms with Crippen LogP contribution in [0.5, 0.6) is 0 Å². The van der Waals surface area contributed by atoms with Crippen LogP contribution >= 0.6 is 0 Å². The van der Waals surface area contributed by atoms with Gasteiger partial charge in [0.25, 0.3) is 0 Å². The van der Waals surface area contributed by atoms with Gasteiger partial charge in [-0.15, -0.1) is 0 Å². The molecule has 1 aliphatic rings. The van der Waals surface area contributed by atoms with Crippen molar-refractivity contribution in [3.63, 3.8) is 0 Å². The number of hydrogen-bond donors (Lipinski definition) is 0. The van der Waals surface area contributed by atoms with Crippen LogP contribution in [-0.4, -0.2) is 7.11 Å². The van der Waals surface area contributed by atoms with E-state index < -0.39 is 0 Å². The van der Waals surface area contributed by atoms with Gasteiger partial charge in [0.1, 0.15) is 5.76 Å². The molecule has 5 heteroatoms. The average Bonchev–Trinajstić information content (AvgIpc) is 2.65. The number of hydrogen-bond acceptors (Lipinski definition) is 1. The Morgan fingerprint density at radius 2 is 1.56 bits per heavy atom. The van der Waals surface area contributed by atoms with E-state index in [1.54, 1.807) is 7.11 Å². The Kier molecular flexibility index (Phi) is 44.1. The van der Waals surface area contributed by atoms with Crippen LogP contribution < -0.4 is 0 Å². The third-order valence-electron chi connectivity index (χ3n) is 1.19. The van der Waals surface area contributed by atoms with E-state index >= 15 is 0 Å². The quantitative estimate of drug-likeness (QED) is 0.523. The summed E-state index contributed by atoms with van der Waals surface area (Å²) in [5, 5.41) is 0. The van der Waals surface area contributed by atoms with Gasteiger partial charge in [-0.25, -0.2) is 0 Å². The van der Waals surface area contributed by atoms with E-state index in [0.717, 1.165) is 12.2 Å². The maximum absolute atomic E-state index is 7.50. The topological polar surface area (TPSA) is 68.9 Å². The first-order valence-corrected chi connectivity index (χ1v) is 3.62. The molecule has 4 nitrogen and oxygen atoms in total. The molecule has 1 rings (SSSR count). The largest absolute Gasteiger partial charge is 0 e. The van der Waals surface area contributed by atoms with Crippen molar-refractivity contribution >= 4 is 0 Å². The van der Waals surface area contributed by atoms with E-state index in [1.165, 1.54) is 0 Å².